The highest BCUT2D eigenvalue weighted by Gasteiger charge is 2.33. The van der Waals surface area contributed by atoms with Gasteiger partial charge in [-0.2, -0.15) is 5.26 Å². The van der Waals surface area contributed by atoms with Gasteiger partial charge in [-0.1, -0.05) is 11.8 Å². The molecule has 5 heteroatoms. The van der Waals surface area contributed by atoms with E-state index in [1.54, 1.807) is 4.90 Å². The molecule has 0 aliphatic heterocycles. The van der Waals surface area contributed by atoms with E-state index in [1.807, 2.05) is 6.07 Å². The van der Waals surface area contributed by atoms with Crippen molar-refractivity contribution in [2.75, 3.05) is 13.2 Å². The van der Waals surface area contributed by atoms with E-state index in [0.29, 0.717) is 12.1 Å². The monoisotopic (exact) mass is 286 g/mol. The van der Waals surface area contributed by atoms with E-state index in [0.717, 1.165) is 12.8 Å². The van der Waals surface area contributed by atoms with Crippen molar-refractivity contribution in [3.05, 3.63) is 35.1 Å². The minimum Gasteiger partial charge on any atom is -0.384 e. The summed E-state index contributed by atoms with van der Waals surface area (Å²) in [7, 11) is 0. The molecule has 108 valence electrons. The van der Waals surface area contributed by atoms with Gasteiger partial charge in [-0.05, 0) is 31.0 Å². The summed E-state index contributed by atoms with van der Waals surface area (Å²) >= 11 is 0. The van der Waals surface area contributed by atoms with Crippen LogP contribution in [0.1, 0.15) is 35.2 Å². The van der Waals surface area contributed by atoms with Gasteiger partial charge in [0.2, 0.25) is 0 Å². The lowest BCUT2D eigenvalue weighted by Crippen LogP contribution is -2.34. The second kappa shape index (κ2) is 6.88. The van der Waals surface area contributed by atoms with Crippen molar-refractivity contribution in [1.29, 1.82) is 5.26 Å². The number of benzene rings is 1. The Bertz CT molecular complexity index is 636. The third kappa shape index (κ3) is 3.81. The molecule has 0 aromatic heterocycles. The van der Waals surface area contributed by atoms with Crippen LogP contribution in [0.2, 0.25) is 0 Å². The molecular formula is C16H15FN2O2. The Labute approximate surface area is 122 Å². The van der Waals surface area contributed by atoms with Gasteiger partial charge >= 0.3 is 0 Å². The lowest BCUT2D eigenvalue weighted by molar-refractivity contribution is 0.0742. The number of halogens is 1. The van der Waals surface area contributed by atoms with Gasteiger partial charge in [-0.3, -0.25) is 4.79 Å². The zero-order chi connectivity index (χ0) is 15.2. The second-order valence-electron chi connectivity index (χ2n) is 4.79. The van der Waals surface area contributed by atoms with Gasteiger partial charge in [0.25, 0.3) is 5.91 Å². The van der Waals surface area contributed by atoms with Crippen LogP contribution in [0.25, 0.3) is 0 Å². The minimum atomic E-state index is -0.600. The molecule has 0 atom stereocenters. The Morgan fingerprint density at radius 3 is 2.86 bits per heavy atom. The molecule has 1 fully saturated rings. The highest BCUT2D eigenvalue weighted by atomic mass is 19.1. The number of rotatable bonds is 4. The minimum absolute atomic E-state index is 0.0374. The van der Waals surface area contributed by atoms with Crippen LogP contribution in [0.5, 0.6) is 0 Å². The molecule has 1 aliphatic rings. The average Bonchev–Trinajstić information content (AvgIpc) is 3.31. The Balaban J connectivity index is 2.26. The lowest BCUT2D eigenvalue weighted by Gasteiger charge is -2.21. The van der Waals surface area contributed by atoms with Crippen LogP contribution in [0.4, 0.5) is 4.39 Å². The van der Waals surface area contributed by atoms with E-state index in [-0.39, 0.29) is 24.6 Å². The van der Waals surface area contributed by atoms with Crippen molar-refractivity contribution in [2.24, 2.45) is 0 Å². The van der Waals surface area contributed by atoms with E-state index in [2.05, 4.69) is 11.8 Å². The molecule has 0 heterocycles. The molecule has 2 rings (SSSR count). The molecule has 4 nitrogen and oxygen atoms in total. The summed E-state index contributed by atoms with van der Waals surface area (Å²) in [4.78, 5) is 14.0. The van der Waals surface area contributed by atoms with Crippen LogP contribution in [0, 0.1) is 29.0 Å². The highest BCUT2D eigenvalue weighted by Crippen LogP contribution is 2.29. The number of hydrogen-bond donors (Lipinski definition) is 1. The Hall–Kier alpha value is -2.37. The van der Waals surface area contributed by atoms with Crippen molar-refractivity contribution < 1.29 is 14.3 Å². The van der Waals surface area contributed by atoms with Gasteiger partial charge in [-0.15, -0.1) is 0 Å². The first-order chi connectivity index (χ1) is 10.2. The number of nitrogens with zero attached hydrogens (tertiary/aromatic N) is 2. The average molecular weight is 286 g/mol. The summed E-state index contributed by atoms with van der Waals surface area (Å²) in [5.41, 5.74) is 0.439. The lowest BCUT2D eigenvalue weighted by atomic mass is 10.1. The summed E-state index contributed by atoms with van der Waals surface area (Å²) in [6.45, 7) is 0.0169. The van der Waals surface area contributed by atoms with Crippen molar-refractivity contribution in [2.45, 2.75) is 25.3 Å². The van der Waals surface area contributed by atoms with Crippen molar-refractivity contribution in [3.8, 4) is 17.9 Å². The number of carbonyl (C=O) groups excluding carboxylic acids is 1. The second-order valence-corrected chi connectivity index (χ2v) is 4.79. The fourth-order valence-electron chi connectivity index (χ4n) is 2.07. The molecule has 0 radical (unpaired) electrons. The van der Waals surface area contributed by atoms with Crippen molar-refractivity contribution in [1.82, 2.24) is 4.90 Å². The summed E-state index contributed by atoms with van der Waals surface area (Å²) in [6, 6.07) is 6.17. The maximum absolute atomic E-state index is 13.9. The predicted molar refractivity (Wildman–Crippen MR) is 74.7 cm³/mol. The van der Waals surface area contributed by atoms with E-state index in [9.17, 15) is 9.18 Å². The summed E-state index contributed by atoms with van der Waals surface area (Å²) in [5.74, 6) is 4.11. The molecule has 1 N–H and O–H groups in total. The zero-order valence-corrected chi connectivity index (χ0v) is 11.5. The normalized spacial score (nSPS) is 13.0. The first-order valence-electron chi connectivity index (χ1n) is 6.74. The van der Waals surface area contributed by atoms with E-state index >= 15 is 0 Å². The molecular weight excluding hydrogens is 271 g/mol. The number of amides is 1. The SMILES string of the molecule is N#CCCN(C(=O)c1cc(C#CCO)ccc1F)C1CC1. The van der Waals surface area contributed by atoms with Crippen LogP contribution in [0.15, 0.2) is 18.2 Å². The molecule has 1 aromatic carbocycles. The smallest absolute Gasteiger partial charge is 0.257 e. The molecule has 21 heavy (non-hydrogen) atoms. The fraction of sp³-hybridized carbons (Fsp3) is 0.375. The number of carbonyl (C=O) groups is 1. The molecule has 1 amide bonds. The summed E-state index contributed by atoms with van der Waals surface area (Å²) in [6.07, 6.45) is 2.01. The van der Waals surface area contributed by atoms with Gasteiger partial charge in [0.1, 0.15) is 12.4 Å². The highest BCUT2D eigenvalue weighted by molar-refractivity contribution is 5.95. The fourth-order valence-corrected chi connectivity index (χ4v) is 2.07. The summed E-state index contributed by atoms with van der Waals surface area (Å²) < 4.78 is 13.9. The van der Waals surface area contributed by atoms with E-state index < -0.39 is 11.7 Å². The predicted octanol–water partition coefficient (Wildman–Crippen LogP) is 1.69. The molecule has 0 spiro atoms. The van der Waals surface area contributed by atoms with E-state index in [1.165, 1.54) is 18.2 Å². The maximum Gasteiger partial charge on any atom is 0.257 e. The Morgan fingerprint density at radius 2 is 2.24 bits per heavy atom. The number of nitriles is 1. The Kier molecular flexibility index (Phi) is 4.92. The third-order valence-electron chi connectivity index (χ3n) is 3.22. The molecule has 1 aromatic rings. The molecule has 0 saturated heterocycles. The van der Waals surface area contributed by atoms with Crippen LogP contribution in [0.3, 0.4) is 0 Å². The van der Waals surface area contributed by atoms with Gasteiger partial charge < -0.3 is 10.0 Å². The third-order valence-corrected chi connectivity index (χ3v) is 3.22. The van der Waals surface area contributed by atoms with Gasteiger partial charge in [0.05, 0.1) is 18.1 Å². The first-order valence-corrected chi connectivity index (χ1v) is 6.74. The molecule has 1 aliphatic carbocycles. The quantitative estimate of drug-likeness (QED) is 0.857. The number of hydrogen-bond acceptors (Lipinski definition) is 3. The number of aliphatic hydroxyl groups is 1. The van der Waals surface area contributed by atoms with Crippen molar-refractivity contribution in [3.63, 3.8) is 0 Å². The van der Waals surface area contributed by atoms with Crippen LogP contribution in [-0.2, 0) is 0 Å². The topological polar surface area (TPSA) is 64.3 Å². The maximum atomic E-state index is 13.9. The largest absolute Gasteiger partial charge is 0.384 e. The van der Waals surface area contributed by atoms with Crippen LogP contribution >= 0.6 is 0 Å². The molecule has 1 saturated carbocycles. The summed E-state index contributed by atoms with van der Waals surface area (Å²) in [5, 5.41) is 17.3. The van der Waals surface area contributed by atoms with E-state index in [4.69, 9.17) is 10.4 Å². The van der Waals surface area contributed by atoms with Gasteiger partial charge in [0.15, 0.2) is 0 Å². The van der Waals surface area contributed by atoms with Gasteiger partial charge in [0, 0.05) is 18.2 Å². The van der Waals surface area contributed by atoms with Crippen LogP contribution in [-0.4, -0.2) is 35.1 Å². The van der Waals surface area contributed by atoms with Gasteiger partial charge in [-0.25, -0.2) is 4.39 Å². The zero-order valence-electron chi connectivity index (χ0n) is 11.5. The van der Waals surface area contributed by atoms with Crippen molar-refractivity contribution >= 4 is 5.91 Å². The molecule has 0 bridgehead atoms. The standard InChI is InChI=1S/C16H15FN2O2/c17-15-7-4-12(3-1-10-20)11-14(15)16(21)19(9-2-8-18)13-5-6-13/h4,7,11,13,20H,2,5-6,9-10H2. The first kappa shape index (κ1) is 15.0. The van der Waals surface area contributed by atoms with Crippen LogP contribution < -0.4 is 0 Å². The Morgan fingerprint density at radius 1 is 1.48 bits per heavy atom. The molecule has 0 unspecified atom stereocenters. The number of aliphatic hydroxyl groups excluding tert-OH is 1.